The maximum Gasteiger partial charge on any atom is 0.345 e. The van der Waals surface area contributed by atoms with Gasteiger partial charge in [-0.1, -0.05) is 6.42 Å². The zero-order valence-corrected chi connectivity index (χ0v) is 10.9. The van der Waals surface area contributed by atoms with Gasteiger partial charge in [0.25, 0.3) is 0 Å². The van der Waals surface area contributed by atoms with Gasteiger partial charge in [0.05, 0.1) is 12.0 Å². The van der Waals surface area contributed by atoms with Crippen LogP contribution in [0.1, 0.15) is 25.7 Å². The van der Waals surface area contributed by atoms with Gasteiger partial charge in [-0.3, -0.25) is 9.69 Å². The molecule has 6 heteroatoms. The lowest BCUT2D eigenvalue weighted by molar-refractivity contribution is -0.200. The Hall–Kier alpha value is -0.750. The van der Waals surface area contributed by atoms with E-state index in [1.54, 1.807) is 4.90 Å². The molecule has 108 valence electrons. The first kappa shape index (κ1) is 13.2. The maximum absolute atomic E-state index is 12.3. The van der Waals surface area contributed by atoms with E-state index >= 15 is 0 Å². The van der Waals surface area contributed by atoms with E-state index in [2.05, 4.69) is 9.64 Å². The summed E-state index contributed by atoms with van der Waals surface area (Å²) >= 11 is 0. The van der Waals surface area contributed by atoms with E-state index in [1.165, 1.54) is 19.3 Å². The van der Waals surface area contributed by atoms with E-state index in [-0.39, 0.29) is 11.8 Å². The molecule has 2 unspecified atom stereocenters. The number of amides is 1. The summed E-state index contributed by atoms with van der Waals surface area (Å²) in [7, 11) is 0. The molecule has 0 aromatic heterocycles. The summed E-state index contributed by atoms with van der Waals surface area (Å²) in [4.78, 5) is 16.3. The van der Waals surface area contributed by atoms with Gasteiger partial charge in [0.15, 0.2) is 0 Å². The van der Waals surface area contributed by atoms with Crippen molar-refractivity contribution in [1.82, 2.24) is 9.80 Å². The molecule has 0 spiro atoms. The van der Waals surface area contributed by atoms with Gasteiger partial charge in [0.2, 0.25) is 5.91 Å². The Morgan fingerprint density at radius 3 is 2.68 bits per heavy atom. The van der Waals surface area contributed by atoms with Crippen molar-refractivity contribution in [3.8, 4) is 0 Å². The van der Waals surface area contributed by atoms with Crippen molar-refractivity contribution in [2.75, 3.05) is 26.2 Å². The number of ether oxygens (including phenoxy) is 1. The Labute approximate surface area is 111 Å². The lowest BCUT2D eigenvalue weighted by Gasteiger charge is -2.39. The van der Waals surface area contributed by atoms with Crippen molar-refractivity contribution in [3.63, 3.8) is 0 Å². The van der Waals surface area contributed by atoms with Gasteiger partial charge in [0.1, 0.15) is 0 Å². The number of nitrogens with zero attached hydrogens (tertiary/aromatic N) is 2. The fraction of sp³-hybridized carbons (Fsp3) is 0.923. The molecule has 3 rings (SSSR count). The number of likely N-dealkylation sites (tertiary alicyclic amines) is 1. The first-order valence-corrected chi connectivity index (χ1v) is 7.10. The summed E-state index contributed by atoms with van der Waals surface area (Å²) in [6.07, 6.45) is 4.14. The van der Waals surface area contributed by atoms with Gasteiger partial charge in [-0.2, -0.15) is 8.78 Å². The summed E-state index contributed by atoms with van der Waals surface area (Å²) in [6, 6.07) is 0.567. The van der Waals surface area contributed by atoms with E-state index in [4.69, 9.17) is 0 Å². The van der Waals surface area contributed by atoms with Gasteiger partial charge in [-0.15, -0.1) is 0 Å². The summed E-state index contributed by atoms with van der Waals surface area (Å²) in [6.45, 7) is -0.136. The third-order valence-electron chi connectivity index (χ3n) is 4.56. The molecule has 2 atom stereocenters. The van der Waals surface area contributed by atoms with Crippen LogP contribution in [0.5, 0.6) is 0 Å². The van der Waals surface area contributed by atoms with Crippen LogP contribution in [0.4, 0.5) is 8.78 Å². The fourth-order valence-corrected chi connectivity index (χ4v) is 3.54. The van der Waals surface area contributed by atoms with Crippen LogP contribution in [0.15, 0.2) is 0 Å². The second-order valence-electron chi connectivity index (χ2n) is 5.84. The Kier molecular flexibility index (Phi) is 3.71. The monoisotopic (exact) mass is 274 g/mol. The van der Waals surface area contributed by atoms with Crippen molar-refractivity contribution in [2.24, 2.45) is 5.92 Å². The van der Waals surface area contributed by atoms with Gasteiger partial charge in [0, 0.05) is 25.7 Å². The van der Waals surface area contributed by atoms with Gasteiger partial charge in [-0.25, -0.2) is 0 Å². The third-order valence-corrected chi connectivity index (χ3v) is 4.56. The van der Waals surface area contributed by atoms with Crippen LogP contribution in [0.3, 0.4) is 0 Å². The van der Waals surface area contributed by atoms with Crippen molar-refractivity contribution in [3.05, 3.63) is 0 Å². The normalized spacial score (nSPS) is 32.5. The van der Waals surface area contributed by atoms with E-state index in [9.17, 15) is 13.6 Å². The molecule has 0 saturated carbocycles. The minimum Gasteiger partial charge on any atom is -0.337 e. The molecular weight excluding hydrogens is 254 g/mol. The summed E-state index contributed by atoms with van der Waals surface area (Å²) in [5.41, 5.74) is 0. The number of carbonyl (C=O) groups excluding carboxylic acids is 1. The largest absolute Gasteiger partial charge is 0.345 e. The lowest BCUT2D eigenvalue weighted by atomic mass is 9.97. The topological polar surface area (TPSA) is 32.8 Å². The average Bonchev–Trinajstić information content (AvgIpc) is 2.75. The SMILES string of the molecule is O=C(C1CC2CCCCN2C1)N1CC(OC(F)F)C1. The molecule has 3 heterocycles. The van der Waals surface area contributed by atoms with Crippen molar-refractivity contribution < 1.29 is 18.3 Å². The second kappa shape index (κ2) is 5.32. The molecule has 3 aliphatic rings. The molecule has 0 bridgehead atoms. The Morgan fingerprint density at radius 2 is 2.00 bits per heavy atom. The molecular formula is C13H20F2N2O2. The molecule has 0 N–H and O–H groups in total. The van der Waals surface area contributed by atoms with Crippen LogP contribution in [0, 0.1) is 5.92 Å². The maximum atomic E-state index is 12.3. The first-order chi connectivity index (χ1) is 9.13. The molecule has 0 aliphatic carbocycles. The number of hydrogen-bond acceptors (Lipinski definition) is 3. The number of fused-ring (bicyclic) bond motifs is 1. The van der Waals surface area contributed by atoms with Crippen LogP contribution >= 0.6 is 0 Å². The number of halogens is 2. The highest BCUT2D eigenvalue weighted by molar-refractivity contribution is 5.80. The Balaban J connectivity index is 1.47. The van der Waals surface area contributed by atoms with E-state index in [1.807, 2.05) is 0 Å². The van der Waals surface area contributed by atoms with E-state index < -0.39 is 12.7 Å². The van der Waals surface area contributed by atoms with Gasteiger partial charge >= 0.3 is 6.61 Å². The standard InChI is InChI=1S/C13H20F2N2O2/c14-13(15)19-11-7-17(8-11)12(18)9-5-10-3-1-2-4-16(10)6-9/h9-11,13H,1-8H2. The first-order valence-electron chi connectivity index (χ1n) is 7.10. The van der Waals surface area contributed by atoms with Crippen molar-refractivity contribution in [2.45, 2.75) is 44.4 Å². The highest BCUT2D eigenvalue weighted by atomic mass is 19.3. The van der Waals surface area contributed by atoms with Crippen LogP contribution in [-0.2, 0) is 9.53 Å². The number of hydrogen-bond donors (Lipinski definition) is 0. The highest BCUT2D eigenvalue weighted by Gasteiger charge is 2.42. The summed E-state index contributed by atoms with van der Waals surface area (Å²) in [5.74, 6) is 0.194. The average molecular weight is 274 g/mol. The summed E-state index contributed by atoms with van der Waals surface area (Å²) < 4.78 is 28.4. The molecule has 4 nitrogen and oxygen atoms in total. The molecule has 3 saturated heterocycles. The molecule has 0 radical (unpaired) electrons. The molecule has 0 aromatic rings. The zero-order chi connectivity index (χ0) is 13.4. The smallest absolute Gasteiger partial charge is 0.337 e. The fourth-order valence-electron chi connectivity index (χ4n) is 3.54. The van der Waals surface area contributed by atoms with Crippen LogP contribution in [0.2, 0.25) is 0 Å². The number of carbonyl (C=O) groups is 1. The van der Waals surface area contributed by atoms with Crippen LogP contribution in [-0.4, -0.2) is 60.6 Å². The highest BCUT2D eigenvalue weighted by Crippen LogP contribution is 2.32. The molecule has 1 amide bonds. The van der Waals surface area contributed by atoms with Crippen molar-refractivity contribution >= 4 is 5.91 Å². The van der Waals surface area contributed by atoms with Crippen molar-refractivity contribution in [1.29, 1.82) is 0 Å². The minimum absolute atomic E-state index is 0.0654. The number of piperidine rings is 1. The molecule has 3 aliphatic heterocycles. The Morgan fingerprint density at radius 1 is 1.21 bits per heavy atom. The lowest BCUT2D eigenvalue weighted by Crippen LogP contribution is -2.57. The van der Waals surface area contributed by atoms with Crippen LogP contribution < -0.4 is 0 Å². The zero-order valence-electron chi connectivity index (χ0n) is 10.9. The summed E-state index contributed by atoms with van der Waals surface area (Å²) in [5, 5.41) is 0. The quantitative estimate of drug-likeness (QED) is 0.778. The molecule has 3 fully saturated rings. The van der Waals surface area contributed by atoms with E-state index in [0.29, 0.717) is 19.1 Å². The Bertz CT molecular complexity index is 334. The molecule has 19 heavy (non-hydrogen) atoms. The van der Waals surface area contributed by atoms with Crippen LogP contribution in [0.25, 0.3) is 0 Å². The van der Waals surface area contributed by atoms with Gasteiger partial charge in [-0.05, 0) is 25.8 Å². The molecule has 0 aromatic carbocycles. The third kappa shape index (κ3) is 2.74. The number of rotatable bonds is 3. The predicted molar refractivity (Wildman–Crippen MR) is 64.8 cm³/mol. The second-order valence-corrected chi connectivity index (χ2v) is 5.84. The number of alkyl halides is 2. The van der Waals surface area contributed by atoms with Gasteiger partial charge < -0.3 is 9.64 Å². The minimum atomic E-state index is -2.73. The predicted octanol–water partition coefficient (Wildman–Crippen LogP) is 1.31. The van der Waals surface area contributed by atoms with E-state index in [0.717, 1.165) is 19.5 Å².